The highest BCUT2D eigenvalue weighted by molar-refractivity contribution is 5.68. The first-order chi connectivity index (χ1) is 10.9. The molecule has 0 radical (unpaired) electrons. The summed E-state index contributed by atoms with van der Waals surface area (Å²) in [6, 6.07) is 15.7. The quantitative estimate of drug-likeness (QED) is 0.724. The van der Waals surface area contributed by atoms with Crippen molar-refractivity contribution in [1.29, 1.82) is 0 Å². The van der Waals surface area contributed by atoms with E-state index in [1.54, 1.807) is 6.20 Å². The van der Waals surface area contributed by atoms with Gasteiger partial charge in [0.25, 0.3) is 0 Å². The fraction of sp³-hybridized carbons (Fsp3) is 0.0556. The molecule has 0 saturated heterocycles. The van der Waals surface area contributed by atoms with E-state index in [1.165, 1.54) is 0 Å². The SMILES string of the molecule is C(=C\c1ncc(-c2ccc3c(c2)OCO3)o1)/c1ccccc1. The third-order valence-corrected chi connectivity index (χ3v) is 3.40. The van der Waals surface area contributed by atoms with Gasteiger partial charge in [0, 0.05) is 11.6 Å². The van der Waals surface area contributed by atoms with Crippen LogP contribution in [0.15, 0.2) is 59.1 Å². The molecular weight excluding hydrogens is 278 g/mol. The molecule has 3 aromatic rings. The van der Waals surface area contributed by atoms with Gasteiger partial charge in [-0.25, -0.2) is 4.98 Å². The molecule has 22 heavy (non-hydrogen) atoms. The molecule has 4 nitrogen and oxygen atoms in total. The fourth-order valence-electron chi connectivity index (χ4n) is 2.28. The van der Waals surface area contributed by atoms with Crippen LogP contribution in [0.3, 0.4) is 0 Å². The largest absolute Gasteiger partial charge is 0.454 e. The second-order valence-corrected chi connectivity index (χ2v) is 4.87. The summed E-state index contributed by atoms with van der Waals surface area (Å²) < 4.78 is 16.4. The summed E-state index contributed by atoms with van der Waals surface area (Å²) >= 11 is 0. The average molecular weight is 291 g/mol. The predicted octanol–water partition coefficient (Wildman–Crippen LogP) is 4.24. The summed E-state index contributed by atoms with van der Waals surface area (Å²) in [5.41, 5.74) is 2.02. The molecule has 4 rings (SSSR count). The molecule has 0 fully saturated rings. The van der Waals surface area contributed by atoms with Crippen molar-refractivity contribution in [2.24, 2.45) is 0 Å². The molecule has 1 aliphatic heterocycles. The third kappa shape index (κ3) is 2.46. The number of rotatable bonds is 3. The number of benzene rings is 2. The Kier molecular flexibility index (Phi) is 3.12. The Bertz CT molecular complexity index is 821. The van der Waals surface area contributed by atoms with Gasteiger partial charge in [-0.1, -0.05) is 30.3 Å². The Morgan fingerprint density at radius 1 is 0.909 bits per heavy atom. The molecule has 0 N–H and O–H groups in total. The maximum absolute atomic E-state index is 5.76. The van der Waals surface area contributed by atoms with Gasteiger partial charge in [-0.2, -0.15) is 0 Å². The molecule has 0 bridgehead atoms. The van der Waals surface area contributed by atoms with Gasteiger partial charge in [0.2, 0.25) is 12.7 Å². The zero-order chi connectivity index (χ0) is 14.8. The minimum Gasteiger partial charge on any atom is -0.454 e. The second kappa shape index (κ2) is 5.41. The highest BCUT2D eigenvalue weighted by Crippen LogP contribution is 2.36. The number of aromatic nitrogens is 1. The fourth-order valence-corrected chi connectivity index (χ4v) is 2.28. The Balaban J connectivity index is 1.58. The van der Waals surface area contributed by atoms with E-state index >= 15 is 0 Å². The van der Waals surface area contributed by atoms with Gasteiger partial charge in [-0.05, 0) is 29.8 Å². The number of nitrogens with zero attached hydrogens (tertiary/aromatic N) is 1. The van der Waals surface area contributed by atoms with Crippen LogP contribution in [0.1, 0.15) is 11.5 Å². The number of oxazole rings is 1. The van der Waals surface area contributed by atoms with Crippen molar-refractivity contribution in [1.82, 2.24) is 4.98 Å². The molecule has 108 valence electrons. The topological polar surface area (TPSA) is 44.5 Å². The number of ether oxygens (including phenoxy) is 2. The number of fused-ring (bicyclic) bond motifs is 1. The molecule has 0 aliphatic carbocycles. The van der Waals surface area contributed by atoms with Gasteiger partial charge in [0.15, 0.2) is 17.3 Å². The van der Waals surface area contributed by atoms with E-state index in [2.05, 4.69) is 4.98 Å². The van der Waals surface area contributed by atoms with E-state index in [0.717, 1.165) is 22.6 Å². The zero-order valence-electron chi connectivity index (χ0n) is 11.7. The molecule has 0 unspecified atom stereocenters. The molecule has 2 heterocycles. The average Bonchev–Trinajstić information content (AvgIpc) is 3.22. The van der Waals surface area contributed by atoms with Crippen LogP contribution in [0, 0.1) is 0 Å². The first kappa shape index (κ1) is 12.7. The van der Waals surface area contributed by atoms with E-state index in [1.807, 2.05) is 60.7 Å². The van der Waals surface area contributed by atoms with Crippen molar-refractivity contribution in [3.63, 3.8) is 0 Å². The number of hydrogen-bond donors (Lipinski definition) is 0. The maximum Gasteiger partial charge on any atom is 0.231 e. The van der Waals surface area contributed by atoms with Crippen LogP contribution in [0.25, 0.3) is 23.5 Å². The molecule has 4 heteroatoms. The summed E-state index contributed by atoms with van der Waals surface area (Å²) in [6.45, 7) is 0.264. The predicted molar refractivity (Wildman–Crippen MR) is 83.4 cm³/mol. The van der Waals surface area contributed by atoms with Gasteiger partial charge in [-0.15, -0.1) is 0 Å². The zero-order valence-corrected chi connectivity index (χ0v) is 11.7. The lowest BCUT2D eigenvalue weighted by atomic mass is 10.1. The monoisotopic (exact) mass is 291 g/mol. The first-order valence-corrected chi connectivity index (χ1v) is 6.97. The molecule has 0 atom stereocenters. The van der Waals surface area contributed by atoms with Crippen LogP contribution in [0.5, 0.6) is 11.5 Å². The summed E-state index contributed by atoms with van der Waals surface area (Å²) in [7, 11) is 0. The lowest BCUT2D eigenvalue weighted by Crippen LogP contribution is -1.92. The van der Waals surface area contributed by atoms with Crippen molar-refractivity contribution in [2.75, 3.05) is 6.79 Å². The van der Waals surface area contributed by atoms with Crippen LogP contribution >= 0.6 is 0 Å². The molecule has 1 aliphatic rings. The Hall–Kier alpha value is -3.01. The van der Waals surface area contributed by atoms with Crippen molar-refractivity contribution in [2.45, 2.75) is 0 Å². The van der Waals surface area contributed by atoms with E-state index in [9.17, 15) is 0 Å². The first-order valence-electron chi connectivity index (χ1n) is 6.97. The van der Waals surface area contributed by atoms with Gasteiger partial charge in [0.05, 0.1) is 6.20 Å². The maximum atomic E-state index is 5.76. The standard InChI is InChI=1S/C18H13NO3/c1-2-4-13(5-3-1)6-9-18-19-11-17(22-18)14-7-8-15-16(10-14)21-12-20-15/h1-11H,12H2/b9-6+. The van der Waals surface area contributed by atoms with Gasteiger partial charge < -0.3 is 13.9 Å². The van der Waals surface area contributed by atoms with Crippen LogP contribution in [0.4, 0.5) is 0 Å². The van der Waals surface area contributed by atoms with E-state index in [-0.39, 0.29) is 6.79 Å². The molecular formula is C18H13NO3. The van der Waals surface area contributed by atoms with Gasteiger partial charge in [-0.3, -0.25) is 0 Å². The van der Waals surface area contributed by atoms with Crippen LogP contribution in [0.2, 0.25) is 0 Å². The van der Waals surface area contributed by atoms with Crippen molar-refractivity contribution in [3.05, 3.63) is 66.2 Å². The minimum absolute atomic E-state index is 0.264. The van der Waals surface area contributed by atoms with Crippen LogP contribution in [-0.2, 0) is 0 Å². The Morgan fingerprint density at radius 3 is 2.68 bits per heavy atom. The van der Waals surface area contributed by atoms with E-state index < -0.39 is 0 Å². The summed E-state index contributed by atoms with van der Waals surface area (Å²) in [6.07, 6.45) is 5.53. The summed E-state index contributed by atoms with van der Waals surface area (Å²) in [5.74, 6) is 2.75. The Morgan fingerprint density at radius 2 is 1.77 bits per heavy atom. The van der Waals surface area contributed by atoms with Crippen LogP contribution in [-0.4, -0.2) is 11.8 Å². The molecule has 1 aromatic heterocycles. The highest BCUT2D eigenvalue weighted by Gasteiger charge is 2.15. The number of hydrogen-bond acceptors (Lipinski definition) is 4. The Labute approximate surface area is 127 Å². The van der Waals surface area contributed by atoms with Crippen molar-refractivity contribution >= 4 is 12.2 Å². The molecule has 0 amide bonds. The van der Waals surface area contributed by atoms with Crippen LogP contribution < -0.4 is 9.47 Å². The minimum atomic E-state index is 0.264. The second-order valence-electron chi connectivity index (χ2n) is 4.87. The normalized spacial score (nSPS) is 12.9. The van der Waals surface area contributed by atoms with E-state index in [4.69, 9.17) is 13.9 Å². The third-order valence-electron chi connectivity index (χ3n) is 3.40. The lowest BCUT2D eigenvalue weighted by Gasteiger charge is -1.98. The molecule has 0 spiro atoms. The summed E-state index contributed by atoms with van der Waals surface area (Å²) in [4.78, 5) is 4.28. The molecule has 2 aromatic carbocycles. The van der Waals surface area contributed by atoms with Gasteiger partial charge in [0.1, 0.15) is 0 Å². The van der Waals surface area contributed by atoms with Gasteiger partial charge >= 0.3 is 0 Å². The van der Waals surface area contributed by atoms with Crippen molar-refractivity contribution < 1.29 is 13.9 Å². The van der Waals surface area contributed by atoms with Crippen molar-refractivity contribution in [3.8, 4) is 22.8 Å². The molecule has 0 saturated carbocycles. The smallest absolute Gasteiger partial charge is 0.231 e. The lowest BCUT2D eigenvalue weighted by molar-refractivity contribution is 0.174. The highest BCUT2D eigenvalue weighted by atomic mass is 16.7. The van der Waals surface area contributed by atoms with E-state index in [0.29, 0.717) is 11.7 Å². The summed E-state index contributed by atoms with van der Waals surface area (Å²) in [5, 5.41) is 0.